The van der Waals surface area contributed by atoms with Crippen LogP contribution in [-0.4, -0.2) is 11.0 Å². The standard InChI is InChI=1S/C14H11Cl2FN2O2/c15-9-2-1-8(12(17)5-9)7-21-13-6-10(16)3-4-11(13)14(18)19-20/h1-6,20H,7H2,(H2,18,19). The molecule has 0 spiro atoms. The predicted octanol–water partition coefficient (Wildman–Crippen LogP) is 3.81. The third-order valence-corrected chi connectivity index (χ3v) is 3.20. The molecule has 0 aliphatic carbocycles. The third kappa shape index (κ3) is 3.77. The van der Waals surface area contributed by atoms with Crippen molar-refractivity contribution in [2.45, 2.75) is 6.61 Å². The van der Waals surface area contributed by atoms with Crippen LogP contribution >= 0.6 is 23.2 Å². The van der Waals surface area contributed by atoms with Crippen LogP contribution in [-0.2, 0) is 6.61 Å². The fraction of sp³-hybridized carbons (Fsp3) is 0.0714. The Hall–Kier alpha value is -1.98. The molecule has 0 radical (unpaired) electrons. The number of amidine groups is 1. The number of nitrogens with zero attached hydrogens (tertiary/aromatic N) is 1. The zero-order valence-corrected chi connectivity index (χ0v) is 12.2. The van der Waals surface area contributed by atoms with E-state index in [4.69, 9.17) is 38.9 Å². The van der Waals surface area contributed by atoms with Gasteiger partial charge in [0.15, 0.2) is 5.84 Å². The summed E-state index contributed by atoms with van der Waals surface area (Å²) >= 11 is 11.6. The van der Waals surface area contributed by atoms with Crippen molar-refractivity contribution in [1.29, 1.82) is 0 Å². The van der Waals surface area contributed by atoms with E-state index < -0.39 is 5.82 Å². The average molecular weight is 329 g/mol. The summed E-state index contributed by atoms with van der Waals surface area (Å²) in [5, 5.41) is 12.4. The highest BCUT2D eigenvalue weighted by Crippen LogP contribution is 2.25. The summed E-state index contributed by atoms with van der Waals surface area (Å²) in [7, 11) is 0. The van der Waals surface area contributed by atoms with Crippen molar-refractivity contribution < 1.29 is 14.3 Å². The second-order valence-electron chi connectivity index (χ2n) is 4.15. The zero-order valence-electron chi connectivity index (χ0n) is 10.7. The van der Waals surface area contributed by atoms with Gasteiger partial charge in [-0.15, -0.1) is 0 Å². The van der Waals surface area contributed by atoms with Crippen LogP contribution in [0.1, 0.15) is 11.1 Å². The van der Waals surface area contributed by atoms with E-state index in [1.807, 2.05) is 0 Å². The number of hydrogen-bond acceptors (Lipinski definition) is 3. The molecule has 0 unspecified atom stereocenters. The van der Waals surface area contributed by atoms with Gasteiger partial charge in [0.2, 0.25) is 0 Å². The van der Waals surface area contributed by atoms with E-state index in [0.717, 1.165) is 0 Å². The van der Waals surface area contributed by atoms with Crippen LogP contribution in [0.15, 0.2) is 41.6 Å². The van der Waals surface area contributed by atoms with Crippen molar-refractivity contribution in [2.75, 3.05) is 0 Å². The molecule has 0 aliphatic heterocycles. The second kappa shape index (κ2) is 6.65. The Balaban J connectivity index is 2.25. The molecule has 2 aromatic carbocycles. The van der Waals surface area contributed by atoms with E-state index in [1.54, 1.807) is 18.2 Å². The van der Waals surface area contributed by atoms with Crippen molar-refractivity contribution in [3.05, 3.63) is 63.4 Å². The van der Waals surface area contributed by atoms with E-state index in [0.29, 0.717) is 21.2 Å². The SMILES string of the molecule is N/C(=N/O)c1ccc(Cl)cc1OCc1ccc(Cl)cc1F. The van der Waals surface area contributed by atoms with Crippen molar-refractivity contribution in [3.63, 3.8) is 0 Å². The van der Waals surface area contributed by atoms with Gasteiger partial charge < -0.3 is 15.7 Å². The number of hydrogen-bond donors (Lipinski definition) is 2. The first kappa shape index (κ1) is 15.4. The van der Waals surface area contributed by atoms with Gasteiger partial charge in [0.05, 0.1) is 5.56 Å². The molecular weight excluding hydrogens is 318 g/mol. The van der Waals surface area contributed by atoms with Gasteiger partial charge in [-0.2, -0.15) is 0 Å². The number of ether oxygens (including phenoxy) is 1. The fourth-order valence-corrected chi connectivity index (χ4v) is 2.00. The summed E-state index contributed by atoms with van der Waals surface area (Å²) in [6, 6.07) is 8.90. The van der Waals surface area contributed by atoms with Gasteiger partial charge >= 0.3 is 0 Å². The lowest BCUT2D eigenvalue weighted by Crippen LogP contribution is -2.15. The zero-order chi connectivity index (χ0) is 15.4. The van der Waals surface area contributed by atoms with Crippen LogP contribution in [0, 0.1) is 5.82 Å². The van der Waals surface area contributed by atoms with Gasteiger partial charge in [-0.25, -0.2) is 4.39 Å². The van der Waals surface area contributed by atoms with E-state index >= 15 is 0 Å². The molecule has 0 bridgehead atoms. The Morgan fingerprint density at radius 3 is 2.52 bits per heavy atom. The molecule has 0 heterocycles. The molecule has 0 saturated heterocycles. The molecule has 2 aromatic rings. The number of rotatable bonds is 4. The lowest BCUT2D eigenvalue weighted by molar-refractivity contribution is 0.297. The van der Waals surface area contributed by atoms with Crippen LogP contribution in [0.5, 0.6) is 5.75 Å². The van der Waals surface area contributed by atoms with Gasteiger partial charge in [0.25, 0.3) is 0 Å². The monoisotopic (exact) mass is 328 g/mol. The summed E-state index contributed by atoms with van der Waals surface area (Å²) in [5.41, 5.74) is 6.23. The largest absolute Gasteiger partial charge is 0.488 e. The van der Waals surface area contributed by atoms with Crippen LogP contribution in [0.25, 0.3) is 0 Å². The first-order chi connectivity index (χ1) is 10.0. The molecule has 4 nitrogen and oxygen atoms in total. The van der Waals surface area contributed by atoms with Crippen LogP contribution in [0.3, 0.4) is 0 Å². The van der Waals surface area contributed by atoms with Gasteiger partial charge in [-0.1, -0.05) is 34.4 Å². The molecule has 110 valence electrons. The van der Waals surface area contributed by atoms with Crippen LogP contribution in [0.2, 0.25) is 10.0 Å². The Morgan fingerprint density at radius 1 is 1.19 bits per heavy atom. The predicted molar refractivity (Wildman–Crippen MR) is 79.7 cm³/mol. The maximum absolute atomic E-state index is 13.7. The molecular formula is C14H11Cl2FN2O2. The Labute approximate surface area is 130 Å². The summed E-state index contributed by atoms with van der Waals surface area (Å²) in [4.78, 5) is 0. The average Bonchev–Trinajstić information content (AvgIpc) is 2.45. The normalized spacial score (nSPS) is 11.5. The van der Waals surface area contributed by atoms with Crippen LogP contribution in [0.4, 0.5) is 4.39 Å². The second-order valence-corrected chi connectivity index (χ2v) is 5.02. The minimum atomic E-state index is -0.477. The molecule has 0 saturated carbocycles. The number of oxime groups is 1. The highest BCUT2D eigenvalue weighted by molar-refractivity contribution is 6.31. The Kier molecular flexibility index (Phi) is 4.88. The smallest absolute Gasteiger partial charge is 0.173 e. The number of halogens is 3. The lowest BCUT2D eigenvalue weighted by Gasteiger charge is -2.11. The highest BCUT2D eigenvalue weighted by Gasteiger charge is 2.11. The molecule has 3 N–H and O–H groups in total. The van der Waals surface area contributed by atoms with Crippen molar-refractivity contribution in [3.8, 4) is 5.75 Å². The first-order valence-electron chi connectivity index (χ1n) is 5.85. The van der Waals surface area contributed by atoms with Gasteiger partial charge in [-0.05, 0) is 30.3 Å². The van der Waals surface area contributed by atoms with Crippen molar-refractivity contribution in [1.82, 2.24) is 0 Å². The van der Waals surface area contributed by atoms with E-state index in [9.17, 15) is 4.39 Å². The van der Waals surface area contributed by atoms with E-state index in [2.05, 4.69) is 5.16 Å². The molecule has 0 aromatic heterocycles. The quantitative estimate of drug-likeness (QED) is 0.388. The molecule has 7 heteroatoms. The summed E-state index contributed by atoms with van der Waals surface area (Å²) in [5.74, 6) is -0.319. The molecule has 21 heavy (non-hydrogen) atoms. The Bertz CT molecular complexity index is 693. The highest BCUT2D eigenvalue weighted by atomic mass is 35.5. The van der Waals surface area contributed by atoms with Crippen molar-refractivity contribution in [2.24, 2.45) is 10.9 Å². The molecule has 0 atom stereocenters. The number of nitrogens with two attached hydrogens (primary N) is 1. The molecule has 0 fully saturated rings. The van der Waals surface area contributed by atoms with E-state index in [1.165, 1.54) is 18.2 Å². The third-order valence-electron chi connectivity index (χ3n) is 2.73. The summed E-state index contributed by atoms with van der Waals surface area (Å²) < 4.78 is 19.2. The van der Waals surface area contributed by atoms with Crippen LogP contribution < -0.4 is 10.5 Å². The Morgan fingerprint density at radius 2 is 1.86 bits per heavy atom. The van der Waals surface area contributed by atoms with Gasteiger partial charge in [0, 0.05) is 15.6 Å². The number of benzene rings is 2. The summed E-state index contributed by atoms with van der Waals surface area (Å²) in [6.45, 7) is -0.0466. The lowest BCUT2D eigenvalue weighted by atomic mass is 10.2. The maximum Gasteiger partial charge on any atom is 0.173 e. The molecule has 0 aliphatic rings. The van der Waals surface area contributed by atoms with E-state index in [-0.39, 0.29) is 18.2 Å². The topological polar surface area (TPSA) is 67.8 Å². The fourth-order valence-electron chi connectivity index (χ4n) is 1.68. The van der Waals surface area contributed by atoms with Crippen molar-refractivity contribution >= 4 is 29.0 Å². The van der Waals surface area contributed by atoms with Gasteiger partial charge in [0.1, 0.15) is 18.2 Å². The summed E-state index contributed by atoms with van der Waals surface area (Å²) in [6.07, 6.45) is 0. The molecule has 0 amide bonds. The molecule has 2 rings (SSSR count). The maximum atomic E-state index is 13.7. The minimum Gasteiger partial charge on any atom is -0.488 e. The van der Waals surface area contributed by atoms with Gasteiger partial charge in [-0.3, -0.25) is 0 Å². The minimum absolute atomic E-state index is 0.0466. The first-order valence-corrected chi connectivity index (χ1v) is 6.61.